The summed E-state index contributed by atoms with van der Waals surface area (Å²) in [5.74, 6) is 0.514. The second-order valence-corrected chi connectivity index (χ2v) is 5.42. The quantitative estimate of drug-likeness (QED) is 0.696. The van der Waals surface area contributed by atoms with Crippen LogP contribution in [0.15, 0.2) is 0 Å². The summed E-state index contributed by atoms with van der Waals surface area (Å²) < 4.78 is 0. The van der Waals surface area contributed by atoms with Gasteiger partial charge in [-0.2, -0.15) is 0 Å². The molecular weight excluding hydrogens is 218 g/mol. The van der Waals surface area contributed by atoms with Crippen LogP contribution in [0, 0.1) is 5.92 Å². The summed E-state index contributed by atoms with van der Waals surface area (Å²) in [7, 11) is 1.85. The zero-order valence-electron chi connectivity index (χ0n) is 10.4. The van der Waals surface area contributed by atoms with Crippen molar-refractivity contribution in [3.8, 4) is 0 Å². The lowest BCUT2D eigenvalue weighted by molar-refractivity contribution is -0.131. The normalized spacial score (nSPS) is 35.9. The van der Waals surface area contributed by atoms with E-state index in [9.17, 15) is 9.59 Å². The smallest absolute Gasteiger partial charge is 0.320 e. The number of likely N-dealkylation sites (N-methyl/N-ethyl adjacent to an activating group) is 1. The molecule has 0 aromatic carbocycles. The second kappa shape index (κ2) is 3.62. The summed E-state index contributed by atoms with van der Waals surface area (Å²) in [6.45, 7) is 4.49. The third kappa shape index (κ3) is 1.37. The maximum atomic E-state index is 12.3. The molecule has 3 amide bonds. The first kappa shape index (κ1) is 10.9. The van der Waals surface area contributed by atoms with Gasteiger partial charge in [-0.25, -0.2) is 4.79 Å². The van der Waals surface area contributed by atoms with E-state index in [0.29, 0.717) is 12.0 Å². The van der Waals surface area contributed by atoms with E-state index in [0.717, 1.165) is 32.5 Å². The lowest BCUT2D eigenvalue weighted by Gasteiger charge is -2.30. The van der Waals surface area contributed by atoms with Crippen LogP contribution >= 0.6 is 0 Å². The Bertz CT molecular complexity index is 371. The summed E-state index contributed by atoms with van der Waals surface area (Å²) in [6, 6.07) is 0.183. The van der Waals surface area contributed by atoms with Gasteiger partial charge in [0.05, 0.1) is 6.04 Å². The van der Waals surface area contributed by atoms with Crippen LogP contribution in [0.25, 0.3) is 0 Å². The Hall–Kier alpha value is -1.26. The number of carbonyl (C=O) groups is 2. The van der Waals surface area contributed by atoms with Gasteiger partial charge in [0.1, 0.15) is 6.04 Å². The van der Waals surface area contributed by atoms with Crippen LogP contribution in [0.4, 0.5) is 4.79 Å². The number of piperidine rings is 1. The van der Waals surface area contributed by atoms with Gasteiger partial charge in [0.2, 0.25) is 5.91 Å². The number of nitrogens with zero attached hydrogens (tertiary/aromatic N) is 3. The molecule has 2 bridgehead atoms. The van der Waals surface area contributed by atoms with Crippen LogP contribution in [0.5, 0.6) is 0 Å². The first-order chi connectivity index (χ1) is 8.13. The minimum absolute atomic E-state index is 0.0363. The number of carbonyl (C=O) groups excluding carboxylic acids is 2. The van der Waals surface area contributed by atoms with Crippen molar-refractivity contribution in [2.45, 2.75) is 31.8 Å². The Balaban J connectivity index is 1.85. The molecule has 3 rings (SSSR count). The molecule has 3 heterocycles. The van der Waals surface area contributed by atoms with Crippen LogP contribution in [0.1, 0.15) is 19.8 Å². The molecule has 94 valence electrons. The maximum Gasteiger partial charge on any atom is 0.320 e. The molecule has 0 aromatic heterocycles. The van der Waals surface area contributed by atoms with Crippen LogP contribution in [0.2, 0.25) is 0 Å². The van der Waals surface area contributed by atoms with Crippen molar-refractivity contribution < 1.29 is 9.59 Å². The Morgan fingerprint density at radius 3 is 2.76 bits per heavy atom. The molecule has 3 aliphatic heterocycles. The molecular formula is C12H19N3O2. The van der Waals surface area contributed by atoms with Gasteiger partial charge in [0.25, 0.3) is 0 Å². The van der Waals surface area contributed by atoms with E-state index < -0.39 is 0 Å². The average Bonchev–Trinajstić information content (AvgIpc) is 2.73. The average molecular weight is 237 g/mol. The zero-order valence-corrected chi connectivity index (χ0v) is 10.4. The largest absolute Gasteiger partial charge is 0.341 e. The molecule has 0 spiro atoms. The van der Waals surface area contributed by atoms with E-state index in [1.807, 2.05) is 11.9 Å². The van der Waals surface area contributed by atoms with Crippen LogP contribution in [-0.4, -0.2) is 65.4 Å². The summed E-state index contributed by atoms with van der Waals surface area (Å²) in [6.07, 6.45) is 1.97. The van der Waals surface area contributed by atoms with Gasteiger partial charge in [-0.1, -0.05) is 6.92 Å². The van der Waals surface area contributed by atoms with Crippen molar-refractivity contribution in [1.29, 1.82) is 0 Å². The second-order valence-electron chi connectivity index (χ2n) is 5.42. The van der Waals surface area contributed by atoms with Crippen LogP contribution in [0.3, 0.4) is 0 Å². The van der Waals surface area contributed by atoms with Crippen molar-refractivity contribution in [1.82, 2.24) is 14.7 Å². The highest BCUT2D eigenvalue weighted by Crippen LogP contribution is 2.37. The minimum Gasteiger partial charge on any atom is -0.341 e. The SMILES string of the molecule is CCCN1C[C@@H]2C[C@@H]3CN(C(=O)N3C)[C@@H]2C1=O. The number of amides is 3. The van der Waals surface area contributed by atoms with Crippen molar-refractivity contribution in [2.75, 3.05) is 26.7 Å². The molecule has 0 unspecified atom stereocenters. The molecule has 3 atom stereocenters. The fourth-order valence-corrected chi connectivity index (χ4v) is 3.53. The monoisotopic (exact) mass is 237 g/mol. The van der Waals surface area contributed by atoms with Crippen molar-refractivity contribution in [3.05, 3.63) is 0 Å². The number of urea groups is 1. The Labute approximate surface area is 101 Å². The Morgan fingerprint density at radius 2 is 2.06 bits per heavy atom. The third-order valence-corrected chi connectivity index (χ3v) is 4.37. The van der Waals surface area contributed by atoms with Gasteiger partial charge in [-0.3, -0.25) is 4.79 Å². The van der Waals surface area contributed by atoms with Gasteiger partial charge in [0.15, 0.2) is 0 Å². The van der Waals surface area contributed by atoms with E-state index in [2.05, 4.69) is 6.92 Å². The molecule has 5 nitrogen and oxygen atoms in total. The van der Waals surface area contributed by atoms with Crippen molar-refractivity contribution >= 4 is 11.9 Å². The molecule has 5 heteroatoms. The fourth-order valence-electron chi connectivity index (χ4n) is 3.53. The van der Waals surface area contributed by atoms with Crippen LogP contribution < -0.4 is 0 Å². The van der Waals surface area contributed by atoms with Crippen molar-refractivity contribution in [2.24, 2.45) is 5.92 Å². The van der Waals surface area contributed by atoms with E-state index in [1.165, 1.54) is 0 Å². The molecule has 0 N–H and O–H groups in total. The maximum absolute atomic E-state index is 12.3. The summed E-state index contributed by atoms with van der Waals surface area (Å²) >= 11 is 0. The van der Waals surface area contributed by atoms with E-state index in [1.54, 1.807) is 9.80 Å². The van der Waals surface area contributed by atoms with Crippen molar-refractivity contribution in [3.63, 3.8) is 0 Å². The predicted molar refractivity (Wildman–Crippen MR) is 62.4 cm³/mol. The minimum atomic E-state index is -0.171. The first-order valence-corrected chi connectivity index (χ1v) is 6.45. The van der Waals surface area contributed by atoms with Gasteiger partial charge in [-0.15, -0.1) is 0 Å². The highest BCUT2D eigenvalue weighted by atomic mass is 16.2. The first-order valence-electron chi connectivity index (χ1n) is 6.45. The Morgan fingerprint density at radius 1 is 1.29 bits per heavy atom. The van der Waals surface area contributed by atoms with Gasteiger partial charge >= 0.3 is 6.03 Å². The van der Waals surface area contributed by atoms with E-state index in [-0.39, 0.29) is 18.0 Å². The molecule has 0 aromatic rings. The fraction of sp³-hybridized carbons (Fsp3) is 0.833. The Kier molecular flexibility index (Phi) is 2.31. The highest BCUT2D eigenvalue weighted by Gasteiger charge is 2.54. The lowest BCUT2D eigenvalue weighted by Crippen LogP contribution is -2.48. The number of hydrogen-bond donors (Lipinski definition) is 0. The third-order valence-electron chi connectivity index (χ3n) is 4.37. The molecule has 17 heavy (non-hydrogen) atoms. The molecule has 0 radical (unpaired) electrons. The number of rotatable bonds is 2. The van der Waals surface area contributed by atoms with E-state index >= 15 is 0 Å². The topological polar surface area (TPSA) is 43.9 Å². The summed E-state index contributed by atoms with van der Waals surface area (Å²) in [5, 5.41) is 0. The molecule has 3 fully saturated rings. The van der Waals surface area contributed by atoms with E-state index in [4.69, 9.17) is 0 Å². The highest BCUT2D eigenvalue weighted by molar-refractivity contribution is 5.90. The zero-order chi connectivity index (χ0) is 12.2. The summed E-state index contributed by atoms with van der Waals surface area (Å²) in [5.41, 5.74) is 0. The number of likely N-dealkylation sites (tertiary alicyclic amines) is 1. The van der Waals surface area contributed by atoms with Gasteiger partial charge in [-0.05, 0) is 12.8 Å². The number of fused-ring (bicyclic) bond motifs is 4. The van der Waals surface area contributed by atoms with Gasteiger partial charge in [0, 0.05) is 32.6 Å². The lowest BCUT2D eigenvalue weighted by atomic mass is 9.90. The number of hydrogen-bond acceptors (Lipinski definition) is 2. The summed E-state index contributed by atoms with van der Waals surface area (Å²) in [4.78, 5) is 29.8. The molecule has 3 saturated heterocycles. The molecule has 3 aliphatic rings. The van der Waals surface area contributed by atoms with Crippen LogP contribution in [-0.2, 0) is 4.79 Å². The standard InChI is InChI=1S/C12H19N3O2/c1-3-4-14-6-8-5-9-7-15(10(8)11(14)16)12(17)13(9)2/h8-10H,3-7H2,1-2H3/t8-,9+,10-/m0/s1. The molecule has 0 aliphatic carbocycles. The van der Waals surface area contributed by atoms with Gasteiger partial charge < -0.3 is 14.7 Å². The predicted octanol–water partition coefficient (Wildman–Crippen LogP) is 0.363. The molecule has 0 saturated carbocycles.